The number of amides is 1. The van der Waals surface area contributed by atoms with E-state index >= 15 is 0 Å². The maximum absolute atomic E-state index is 12.0. The van der Waals surface area contributed by atoms with Crippen LogP contribution in [0.2, 0.25) is 0 Å². The summed E-state index contributed by atoms with van der Waals surface area (Å²) in [5.41, 5.74) is 7.14. The molecule has 2 aromatic rings. The van der Waals surface area contributed by atoms with Crippen LogP contribution in [0, 0.1) is 6.92 Å². The molecule has 2 rings (SSSR count). The van der Waals surface area contributed by atoms with Crippen LogP contribution in [-0.4, -0.2) is 15.9 Å². The zero-order valence-corrected chi connectivity index (χ0v) is 12.7. The lowest BCUT2D eigenvalue weighted by molar-refractivity contribution is 0.102. The molecule has 0 bridgehead atoms. The van der Waals surface area contributed by atoms with Gasteiger partial charge in [-0.15, -0.1) is 22.7 Å². The van der Waals surface area contributed by atoms with E-state index in [1.165, 1.54) is 22.7 Å². The maximum atomic E-state index is 12.0. The van der Waals surface area contributed by atoms with Gasteiger partial charge in [-0.3, -0.25) is 10.1 Å². The molecular formula is C12H16N4OS2. The van der Waals surface area contributed by atoms with Gasteiger partial charge in [0.15, 0.2) is 5.13 Å². The van der Waals surface area contributed by atoms with Crippen molar-refractivity contribution >= 4 is 33.7 Å². The van der Waals surface area contributed by atoms with Crippen LogP contribution in [0.25, 0.3) is 0 Å². The van der Waals surface area contributed by atoms with Crippen molar-refractivity contribution < 1.29 is 4.79 Å². The minimum absolute atomic E-state index is 0.152. The largest absolute Gasteiger partial charge is 0.322 e. The van der Waals surface area contributed by atoms with Crippen molar-refractivity contribution in [1.82, 2.24) is 9.97 Å². The molecule has 7 heteroatoms. The van der Waals surface area contributed by atoms with Crippen molar-refractivity contribution in [1.29, 1.82) is 0 Å². The number of aromatic nitrogens is 2. The molecule has 3 N–H and O–H groups in total. The highest BCUT2D eigenvalue weighted by molar-refractivity contribution is 7.15. The molecule has 0 aliphatic rings. The summed E-state index contributed by atoms with van der Waals surface area (Å²) in [5, 5.41) is 5.87. The Morgan fingerprint density at radius 3 is 2.79 bits per heavy atom. The van der Waals surface area contributed by atoms with E-state index in [0.717, 1.165) is 22.0 Å². The Balaban J connectivity index is 2.11. The van der Waals surface area contributed by atoms with Gasteiger partial charge < -0.3 is 5.73 Å². The molecular weight excluding hydrogens is 280 g/mol. The molecule has 0 saturated heterocycles. The number of thiazole rings is 2. The van der Waals surface area contributed by atoms with Gasteiger partial charge in [0.1, 0.15) is 10.7 Å². The number of nitrogens with two attached hydrogens (primary N) is 1. The number of hydrogen-bond acceptors (Lipinski definition) is 6. The van der Waals surface area contributed by atoms with Crippen molar-refractivity contribution in [2.24, 2.45) is 5.73 Å². The molecule has 19 heavy (non-hydrogen) atoms. The second kappa shape index (κ2) is 5.77. The van der Waals surface area contributed by atoms with Gasteiger partial charge in [-0.1, -0.05) is 6.92 Å². The standard InChI is InChI=1S/C12H16N4OS2/c1-4-8-7(3)19-12(15-8)16-10(17)9-5-18-11(14-9)6(2)13/h5-6H,4,13H2,1-3H3,(H,15,16,17). The van der Waals surface area contributed by atoms with E-state index in [1.807, 2.05) is 20.8 Å². The first kappa shape index (κ1) is 14.1. The van der Waals surface area contributed by atoms with Crippen LogP contribution in [0.15, 0.2) is 5.38 Å². The number of rotatable bonds is 4. The van der Waals surface area contributed by atoms with Crippen LogP contribution in [0.4, 0.5) is 5.13 Å². The summed E-state index contributed by atoms with van der Waals surface area (Å²) in [4.78, 5) is 21.7. The molecule has 2 heterocycles. The number of anilines is 1. The predicted octanol–water partition coefficient (Wildman–Crippen LogP) is 2.74. The average Bonchev–Trinajstić information content (AvgIpc) is 2.95. The van der Waals surface area contributed by atoms with Crippen LogP contribution >= 0.6 is 22.7 Å². The Morgan fingerprint density at radius 1 is 1.53 bits per heavy atom. The van der Waals surface area contributed by atoms with Crippen LogP contribution in [0.1, 0.15) is 46.0 Å². The first-order valence-electron chi connectivity index (χ1n) is 6.00. The van der Waals surface area contributed by atoms with Crippen LogP contribution in [0.3, 0.4) is 0 Å². The van der Waals surface area contributed by atoms with Gasteiger partial charge in [0.05, 0.1) is 11.7 Å². The molecule has 0 saturated carbocycles. The van der Waals surface area contributed by atoms with Gasteiger partial charge in [0, 0.05) is 10.3 Å². The fourth-order valence-electron chi connectivity index (χ4n) is 1.57. The lowest BCUT2D eigenvalue weighted by Crippen LogP contribution is -2.13. The topological polar surface area (TPSA) is 80.9 Å². The molecule has 1 amide bonds. The number of carbonyl (C=O) groups excluding carboxylic acids is 1. The molecule has 102 valence electrons. The molecule has 1 atom stereocenters. The third-order valence-corrected chi connectivity index (χ3v) is 4.57. The van der Waals surface area contributed by atoms with Gasteiger partial charge in [-0.2, -0.15) is 0 Å². The van der Waals surface area contributed by atoms with E-state index in [4.69, 9.17) is 5.73 Å². The SMILES string of the molecule is CCc1nc(NC(=O)c2csc(C(C)N)n2)sc1C. The van der Waals surface area contributed by atoms with Crippen LogP contribution < -0.4 is 11.1 Å². The molecule has 0 fully saturated rings. The molecule has 0 aromatic carbocycles. The van der Waals surface area contributed by atoms with E-state index in [2.05, 4.69) is 15.3 Å². The lowest BCUT2D eigenvalue weighted by Gasteiger charge is -1.99. The Labute approximate surface area is 119 Å². The number of nitrogens with zero attached hydrogens (tertiary/aromatic N) is 2. The van der Waals surface area contributed by atoms with Crippen molar-refractivity contribution in [3.8, 4) is 0 Å². The summed E-state index contributed by atoms with van der Waals surface area (Å²) >= 11 is 2.88. The van der Waals surface area contributed by atoms with Crippen LogP contribution in [0.5, 0.6) is 0 Å². The normalized spacial score (nSPS) is 12.4. The quantitative estimate of drug-likeness (QED) is 0.909. The molecule has 0 radical (unpaired) electrons. The molecule has 0 spiro atoms. The van der Waals surface area contributed by atoms with Crippen molar-refractivity contribution in [2.45, 2.75) is 33.2 Å². The number of carbonyl (C=O) groups is 1. The zero-order valence-electron chi connectivity index (χ0n) is 11.1. The van der Waals surface area contributed by atoms with Gasteiger partial charge >= 0.3 is 0 Å². The summed E-state index contributed by atoms with van der Waals surface area (Å²) in [6.07, 6.45) is 0.865. The van der Waals surface area contributed by atoms with Gasteiger partial charge in [0.2, 0.25) is 0 Å². The highest BCUT2D eigenvalue weighted by atomic mass is 32.1. The molecule has 5 nitrogen and oxygen atoms in total. The lowest BCUT2D eigenvalue weighted by atomic mass is 10.3. The summed E-state index contributed by atoms with van der Waals surface area (Å²) in [7, 11) is 0. The van der Waals surface area contributed by atoms with Gasteiger partial charge in [0.25, 0.3) is 5.91 Å². The molecule has 2 aromatic heterocycles. The second-order valence-corrected chi connectivity index (χ2v) is 6.28. The Kier molecular flexibility index (Phi) is 4.28. The maximum Gasteiger partial charge on any atom is 0.276 e. The van der Waals surface area contributed by atoms with Crippen molar-refractivity contribution in [2.75, 3.05) is 5.32 Å². The van der Waals surface area contributed by atoms with Crippen molar-refractivity contribution in [3.63, 3.8) is 0 Å². The average molecular weight is 296 g/mol. The highest BCUT2D eigenvalue weighted by Crippen LogP contribution is 2.23. The number of hydrogen-bond donors (Lipinski definition) is 2. The smallest absolute Gasteiger partial charge is 0.276 e. The van der Waals surface area contributed by atoms with E-state index in [1.54, 1.807) is 5.38 Å². The fourth-order valence-corrected chi connectivity index (χ4v) is 3.23. The predicted molar refractivity (Wildman–Crippen MR) is 78.9 cm³/mol. The minimum atomic E-state index is -0.237. The van der Waals surface area contributed by atoms with Gasteiger partial charge in [-0.25, -0.2) is 9.97 Å². The summed E-state index contributed by atoms with van der Waals surface area (Å²) < 4.78 is 0. The Morgan fingerprint density at radius 2 is 2.26 bits per heavy atom. The number of nitrogens with one attached hydrogen (secondary N) is 1. The Bertz CT molecular complexity index is 588. The minimum Gasteiger partial charge on any atom is -0.322 e. The number of aryl methyl sites for hydroxylation is 2. The third-order valence-electron chi connectivity index (χ3n) is 2.59. The molecule has 0 aliphatic carbocycles. The zero-order chi connectivity index (χ0) is 14.0. The summed E-state index contributed by atoms with van der Waals surface area (Å²) in [6.45, 7) is 5.89. The Hall–Kier alpha value is -1.31. The summed E-state index contributed by atoms with van der Waals surface area (Å²) in [6, 6.07) is -0.152. The second-order valence-electron chi connectivity index (χ2n) is 4.19. The summed E-state index contributed by atoms with van der Waals surface area (Å²) in [5.74, 6) is -0.237. The van der Waals surface area contributed by atoms with E-state index < -0.39 is 0 Å². The van der Waals surface area contributed by atoms with E-state index in [0.29, 0.717) is 10.8 Å². The third kappa shape index (κ3) is 3.17. The molecule has 1 unspecified atom stereocenters. The van der Waals surface area contributed by atoms with E-state index in [9.17, 15) is 4.79 Å². The first-order valence-corrected chi connectivity index (χ1v) is 7.69. The monoisotopic (exact) mass is 296 g/mol. The fraction of sp³-hybridized carbons (Fsp3) is 0.417. The van der Waals surface area contributed by atoms with Gasteiger partial charge in [-0.05, 0) is 20.3 Å². The van der Waals surface area contributed by atoms with Crippen LogP contribution in [-0.2, 0) is 6.42 Å². The molecule has 0 aliphatic heterocycles. The highest BCUT2D eigenvalue weighted by Gasteiger charge is 2.15. The van der Waals surface area contributed by atoms with E-state index in [-0.39, 0.29) is 11.9 Å². The van der Waals surface area contributed by atoms with Crippen molar-refractivity contribution in [3.05, 3.63) is 26.7 Å². The first-order chi connectivity index (χ1) is 9.01.